The van der Waals surface area contributed by atoms with Gasteiger partial charge in [-0.1, -0.05) is 152 Å². The number of hydrogen-bond acceptors (Lipinski definition) is 2. The predicted octanol–water partition coefficient (Wildman–Crippen LogP) is 13.1. The van der Waals surface area contributed by atoms with E-state index in [0.29, 0.717) is 0 Å². The summed E-state index contributed by atoms with van der Waals surface area (Å²) in [7, 11) is 0. The smallest absolute Gasteiger partial charge is 0.137 e. The Bertz CT molecular complexity index is 2620. The molecule has 0 unspecified atom stereocenters. The normalized spacial score (nSPS) is 12.9. The van der Waals surface area contributed by atoms with Crippen LogP contribution in [0.4, 0.5) is 17.1 Å². The number of furan rings is 1. The number of fused-ring (bicyclic) bond motifs is 6. The van der Waals surface area contributed by atoms with E-state index in [1.165, 1.54) is 44.5 Å². The van der Waals surface area contributed by atoms with Crippen molar-refractivity contribution in [3.63, 3.8) is 0 Å². The minimum atomic E-state index is -0.485. The number of nitrogens with zero attached hydrogens (tertiary/aromatic N) is 1. The van der Waals surface area contributed by atoms with Crippen molar-refractivity contribution in [1.82, 2.24) is 0 Å². The molecule has 240 valence electrons. The molecule has 8 aromatic carbocycles. The summed E-state index contributed by atoms with van der Waals surface area (Å²) in [6.07, 6.45) is 0. The Morgan fingerprint density at radius 1 is 0.392 bits per heavy atom. The molecule has 1 heterocycles. The molecular weight excluding hydrogens is 619 g/mol. The quantitative estimate of drug-likeness (QED) is 0.178. The molecule has 0 spiro atoms. The van der Waals surface area contributed by atoms with Crippen LogP contribution >= 0.6 is 0 Å². The lowest BCUT2D eigenvalue weighted by Gasteiger charge is -2.33. The Labute approximate surface area is 297 Å². The Hall–Kier alpha value is -6.64. The van der Waals surface area contributed by atoms with Gasteiger partial charge in [-0.25, -0.2) is 0 Å². The summed E-state index contributed by atoms with van der Waals surface area (Å²) in [5.41, 5.74) is 14.4. The van der Waals surface area contributed by atoms with Gasteiger partial charge in [0.1, 0.15) is 11.2 Å². The fourth-order valence-corrected chi connectivity index (χ4v) is 8.37. The zero-order chi connectivity index (χ0) is 33.8. The molecule has 51 heavy (non-hydrogen) atoms. The maximum Gasteiger partial charge on any atom is 0.137 e. The van der Waals surface area contributed by atoms with Crippen LogP contribution in [0.2, 0.25) is 0 Å². The number of anilines is 3. The summed E-state index contributed by atoms with van der Waals surface area (Å²) >= 11 is 0. The molecule has 0 bridgehead atoms. The van der Waals surface area contributed by atoms with E-state index in [1.54, 1.807) is 0 Å². The van der Waals surface area contributed by atoms with E-state index in [1.807, 2.05) is 0 Å². The van der Waals surface area contributed by atoms with Gasteiger partial charge in [-0.3, -0.25) is 0 Å². The average Bonchev–Trinajstić information content (AvgIpc) is 3.72. The van der Waals surface area contributed by atoms with E-state index in [2.05, 4.69) is 205 Å². The molecule has 0 atom stereocenters. The van der Waals surface area contributed by atoms with E-state index in [0.717, 1.165) is 39.0 Å². The van der Waals surface area contributed by atoms with E-state index >= 15 is 0 Å². The second kappa shape index (κ2) is 11.8. The molecule has 9 aromatic rings. The molecule has 1 aliphatic carbocycles. The summed E-state index contributed by atoms with van der Waals surface area (Å²) in [6.45, 7) is 0. The number of rotatable bonds is 6. The molecule has 10 rings (SSSR count). The van der Waals surface area contributed by atoms with E-state index in [-0.39, 0.29) is 0 Å². The third kappa shape index (κ3) is 4.50. The van der Waals surface area contributed by atoms with Gasteiger partial charge in [0, 0.05) is 16.8 Å². The van der Waals surface area contributed by atoms with Crippen LogP contribution in [0.5, 0.6) is 0 Å². The van der Waals surface area contributed by atoms with Gasteiger partial charge in [0.2, 0.25) is 0 Å². The first-order valence-electron chi connectivity index (χ1n) is 17.5. The van der Waals surface area contributed by atoms with Crippen LogP contribution in [-0.4, -0.2) is 0 Å². The van der Waals surface area contributed by atoms with Crippen molar-refractivity contribution in [2.75, 3.05) is 4.90 Å². The molecule has 0 aliphatic heterocycles. The average molecular weight is 652 g/mol. The van der Waals surface area contributed by atoms with Crippen molar-refractivity contribution < 1.29 is 4.42 Å². The van der Waals surface area contributed by atoms with Crippen molar-refractivity contribution in [2.24, 2.45) is 0 Å². The molecule has 1 aliphatic rings. The monoisotopic (exact) mass is 651 g/mol. The molecule has 2 nitrogen and oxygen atoms in total. The summed E-state index contributed by atoms with van der Waals surface area (Å²) in [5, 5.41) is 2.20. The molecule has 0 fully saturated rings. The van der Waals surface area contributed by atoms with E-state index < -0.39 is 5.41 Å². The van der Waals surface area contributed by atoms with Crippen LogP contribution in [0.3, 0.4) is 0 Å². The van der Waals surface area contributed by atoms with Crippen molar-refractivity contribution in [3.8, 4) is 22.3 Å². The molecule has 2 heteroatoms. The van der Waals surface area contributed by atoms with Gasteiger partial charge in [0.15, 0.2) is 0 Å². The first-order valence-corrected chi connectivity index (χ1v) is 17.5. The molecule has 0 saturated carbocycles. The van der Waals surface area contributed by atoms with Crippen LogP contribution < -0.4 is 4.90 Å². The third-order valence-electron chi connectivity index (χ3n) is 10.5. The van der Waals surface area contributed by atoms with Gasteiger partial charge < -0.3 is 9.32 Å². The Kier molecular flexibility index (Phi) is 6.75. The van der Waals surface area contributed by atoms with Gasteiger partial charge in [0.05, 0.1) is 16.5 Å². The highest BCUT2D eigenvalue weighted by Crippen LogP contribution is 2.57. The lowest BCUT2D eigenvalue weighted by Crippen LogP contribution is -2.28. The standard InChI is InChI=1S/C49H33NO/c1-5-16-34(17-6-1)35-28-30-39(31-29-35)50(38-22-11-4-12-23-38)45-26-15-27-46-48(45)42-32-41-40-24-13-14-25-43(40)49(36-18-7-2-8-19-36,37-20-9-3-10-21-37)44(41)33-47(42)51-46/h1-33H. The van der Waals surface area contributed by atoms with Crippen molar-refractivity contribution in [1.29, 1.82) is 0 Å². The predicted molar refractivity (Wildman–Crippen MR) is 211 cm³/mol. The third-order valence-corrected chi connectivity index (χ3v) is 10.5. The molecule has 1 aromatic heterocycles. The van der Waals surface area contributed by atoms with Crippen LogP contribution in [0.1, 0.15) is 22.3 Å². The second-order valence-electron chi connectivity index (χ2n) is 13.3. The van der Waals surface area contributed by atoms with E-state index in [9.17, 15) is 0 Å². The zero-order valence-corrected chi connectivity index (χ0v) is 27.9. The second-order valence-corrected chi connectivity index (χ2v) is 13.3. The van der Waals surface area contributed by atoms with Crippen LogP contribution in [0, 0.1) is 0 Å². The highest BCUT2D eigenvalue weighted by molar-refractivity contribution is 6.15. The van der Waals surface area contributed by atoms with Crippen LogP contribution in [0.25, 0.3) is 44.2 Å². The van der Waals surface area contributed by atoms with E-state index in [4.69, 9.17) is 4.42 Å². The maximum atomic E-state index is 6.85. The number of benzene rings is 8. The molecular formula is C49H33NO. The summed E-state index contributed by atoms with van der Waals surface area (Å²) in [5.74, 6) is 0. The van der Waals surface area contributed by atoms with Crippen molar-refractivity contribution in [3.05, 3.63) is 222 Å². The largest absolute Gasteiger partial charge is 0.456 e. The molecule has 0 radical (unpaired) electrons. The summed E-state index contributed by atoms with van der Waals surface area (Å²) in [6, 6.07) is 71.9. The zero-order valence-electron chi connectivity index (χ0n) is 27.9. The molecule has 0 N–H and O–H groups in total. The lowest BCUT2D eigenvalue weighted by molar-refractivity contribution is 0.666. The van der Waals surface area contributed by atoms with Gasteiger partial charge in [-0.05, 0) is 93.0 Å². The number of para-hydroxylation sites is 1. The minimum Gasteiger partial charge on any atom is -0.456 e. The van der Waals surface area contributed by atoms with Gasteiger partial charge in [0.25, 0.3) is 0 Å². The highest BCUT2D eigenvalue weighted by atomic mass is 16.3. The lowest BCUT2D eigenvalue weighted by atomic mass is 9.67. The Morgan fingerprint density at radius 2 is 0.961 bits per heavy atom. The molecule has 0 amide bonds. The minimum absolute atomic E-state index is 0.485. The van der Waals surface area contributed by atoms with Crippen molar-refractivity contribution in [2.45, 2.75) is 5.41 Å². The fraction of sp³-hybridized carbons (Fsp3) is 0.0204. The summed E-state index contributed by atoms with van der Waals surface area (Å²) in [4.78, 5) is 2.35. The fourth-order valence-electron chi connectivity index (χ4n) is 8.37. The van der Waals surface area contributed by atoms with Gasteiger partial charge >= 0.3 is 0 Å². The Morgan fingerprint density at radius 3 is 1.65 bits per heavy atom. The summed E-state index contributed by atoms with van der Waals surface area (Å²) < 4.78 is 6.85. The maximum absolute atomic E-state index is 6.85. The number of hydrogen-bond donors (Lipinski definition) is 0. The SMILES string of the molecule is c1ccc(-c2ccc(N(c3ccccc3)c3cccc4oc5cc6c(cc5c34)-c3ccccc3C6(c3ccccc3)c3ccccc3)cc2)cc1. The Balaban J connectivity index is 1.23. The van der Waals surface area contributed by atoms with Crippen molar-refractivity contribution >= 4 is 39.0 Å². The highest BCUT2D eigenvalue weighted by Gasteiger charge is 2.46. The first kappa shape index (κ1) is 29.3. The van der Waals surface area contributed by atoms with Crippen LogP contribution in [0.15, 0.2) is 205 Å². The van der Waals surface area contributed by atoms with Gasteiger partial charge in [-0.15, -0.1) is 0 Å². The van der Waals surface area contributed by atoms with Crippen LogP contribution in [-0.2, 0) is 5.41 Å². The topological polar surface area (TPSA) is 16.4 Å². The van der Waals surface area contributed by atoms with Gasteiger partial charge in [-0.2, -0.15) is 0 Å². The first-order chi connectivity index (χ1) is 25.3. The molecule has 0 saturated heterocycles.